The van der Waals surface area contributed by atoms with Gasteiger partial charge in [-0.25, -0.2) is 4.98 Å². The monoisotopic (exact) mass is 462 g/mol. The lowest BCUT2D eigenvalue weighted by Crippen LogP contribution is -2.24. The highest BCUT2D eigenvalue weighted by Crippen LogP contribution is 2.22. The zero-order chi connectivity index (χ0) is 20.3. The fraction of sp³-hybridized carbons (Fsp3) is 0.350. The van der Waals surface area contributed by atoms with E-state index in [1.165, 1.54) is 11.8 Å². The number of aromatic amines is 1. The predicted octanol–water partition coefficient (Wildman–Crippen LogP) is 4.63. The lowest BCUT2D eigenvalue weighted by molar-refractivity contribution is -0.113. The topological polar surface area (TPSA) is 79.8 Å². The molecule has 2 heterocycles. The number of carbonyl (C=O) groups is 1. The number of fused-ring (bicyclic) bond motifs is 1. The summed E-state index contributed by atoms with van der Waals surface area (Å²) in [7, 11) is 0. The van der Waals surface area contributed by atoms with E-state index in [-0.39, 0.29) is 17.2 Å². The fourth-order valence-corrected chi connectivity index (χ4v) is 3.96. The average Bonchev–Trinajstić information content (AvgIpc) is 3.03. The zero-order valence-electron chi connectivity index (χ0n) is 16.1. The molecule has 0 aliphatic heterocycles. The number of hydrogen-bond acceptors (Lipinski definition) is 4. The summed E-state index contributed by atoms with van der Waals surface area (Å²) >= 11 is 4.74. The summed E-state index contributed by atoms with van der Waals surface area (Å²) in [6, 6.07) is 7.53. The van der Waals surface area contributed by atoms with Crippen molar-refractivity contribution in [2.75, 3.05) is 11.1 Å². The van der Waals surface area contributed by atoms with Gasteiger partial charge in [0.15, 0.2) is 5.16 Å². The Hall–Kier alpha value is -2.06. The molecule has 0 saturated carbocycles. The number of aryl methyl sites for hydroxylation is 2. The van der Waals surface area contributed by atoms with Crippen molar-refractivity contribution in [2.45, 2.75) is 45.3 Å². The second-order valence-corrected chi connectivity index (χ2v) is 8.51. The summed E-state index contributed by atoms with van der Waals surface area (Å²) in [6.45, 7) is 6.54. The van der Waals surface area contributed by atoms with E-state index >= 15 is 0 Å². The van der Waals surface area contributed by atoms with Gasteiger partial charge >= 0.3 is 0 Å². The van der Waals surface area contributed by atoms with Gasteiger partial charge in [-0.2, -0.15) is 0 Å². The van der Waals surface area contributed by atoms with Crippen LogP contribution in [0.1, 0.15) is 31.0 Å². The number of unbranched alkanes of at least 4 members (excludes halogenated alkanes) is 1. The smallest absolute Gasteiger partial charge is 0.278 e. The molecule has 0 saturated heterocycles. The van der Waals surface area contributed by atoms with Crippen LogP contribution in [0, 0.1) is 13.8 Å². The minimum absolute atomic E-state index is 0.0852. The van der Waals surface area contributed by atoms with Crippen LogP contribution in [0.15, 0.2) is 38.7 Å². The average molecular weight is 463 g/mol. The lowest BCUT2D eigenvalue weighted by Gasteiger charge is -2.12. The summed E-state index contributed by atoms with van der Waals surface area (Å²) < 4.78 is 2.67. The molecule has 1 aromatic carbocycles. The lowest BCUT2D eigenvalue weighted by atomic mass is 10.2. The second-order valence-electron chi connectivity index (χ2n) is 6.72. The van der Waals surface area contributed by atoms with Crippen LogP contribution >= 0.6 is 27.7 Å². The molecule has 0 spiro atoms. The first kappa shape index (κ1) is 20.7. The van der Waals surface area contributed by atoms with Crippen molar-refractivity contribution in [3.05, 3.63) is 50.3 Å². The van der Waals surface area contributed by atoms with Crippen molar-refractivity contribution in [3.8, 4) is 0 Å². The minimum atomic E-state index is -0.131. The molecule has 148 valence electrons. The Morgan fingerprint density at radius 2 is 2.11 bits per heavy atom. The van der Waals surface area contributed by atoms with Crippen molar-refractivity contribution < 1.29 is 4.79 Å². The van der Waals surface area contributed by atoms with Crippen LogP contribution in [-0.4, -0.2) is 26.2 Å². The number of halogens is 1. The number of H-pyrrole nitrogens is 1. The summed E-state index contributed by atoms with van der Waals surface area (Å²) in [4.78, 5) is 33.0. The third-order valence-corrected chi connectivity index (χ3v) is 6.21. The van der Waals surface area contributed by atoms with Gasteiger partial charge in [0.05, 0.1) is 11.3 Å². The first-order valence-corrected chi connectivity index (χ1v) is 11.0. The fourth-order valence-electron chi connectivity index (χ4n) is 2.88. The van der Waals surface area contributed by atoms with Crippen LogP contribution in [0.3, 0.4) is 0 Å². The number of amides is 1. The number of anilines is 1. The Balaban J connectivity index is 1.79. The van der Waals surface area contributed by atoms with E-state index in [0.717, 1.165) is 34.3 Å². The molecular weight excluding hydrogens is 440 g/mol. The van der Waals surface area contributed by atoms with Crippen LogP contribution in [0.4, 0.5) is 5.69 Å². The van der Waals surface area contributed by atoms with E-state index in [9.17, 15) is 9.59 Å². The van der Waals surface area contributed by atoms with Gasteiger partial charge < -0.3 is 10.3 Å². The van der Waals surface area contributed by atoms with Crippen molar-refractivity contribution in [2.24, 2.45) is 0 Å². The van der Waals surface area contributed by atoms with E-state index in [1.807, 2.05) is 38.1 Å². The molecule has 3 rings (SSSR count). The van der Waals surface area contributed by atoms with Gasteiger partial charge in [-0.15, -0.1) is 0 Å². The van der Waals surface area contributed by atoms with Crippen LogP contribution in [0.25, 0.3) is 11.0 Å². The third-order valence-electron chi connectivity index (χ3n) is 4.35. The van der Waals surface area contributed by atoms with Gasteiger partial charge in [0, 0.05) is 22.4 Å². The summed E-state index contributed by atoms with van der Waals surface area (Å²) in [5.41, 5.74) is 3.77. The maximum Gasteiger partial charge on any atom is 0.278 e. The first-order chi connectivity index (χ1) is 13.4. The van der Waals surface area contributed by atoms with Gasteiger partial charge in [0.1, 0.15) is 5.52 Å². The van der Waals surface area contributed by atoms with Crippen molar-refractivity contribution in [3.63, 3.8) is 0 Å². The largest absolute Gasteiger partial charge is 0.353 e. The Labute approximate surface area is 176 Å². The molecule has 0 bridgehead atoms. The van der Waals surface area contributed by atoms with Crippen molar-refractivity contribution in [1.82, 2.24) is 14.5 Å². The molecule has 28 heavy (non-hydrogen) atoms. The number of benzene rings is 1. The third kappa shape index (κ3) is 4.67. The standard InChI is InChI=1S/C20H23BrN4O2S/c1-4-5-8-25-19(27)18-16(10-13(3)22-18)24-20(25)28-11-17(26)23-14-6-7-15(21)12(2)9-14/h6-7,9-10,22H,4-5,8,11H2,1-3H3,(H,23,26). The number of carbonyl (C=O) groups excluding carboxylic acids is 1. The maximum absolute atomic E-state index is 12.8. The molecule has 6 nitrogen and oxygen atoms in total. The van der Waals surface area contributed by atoms with Gasteiger partial charge in [0.2, 0.25) is 5.91 Å². The van der Waals surface area contributed by atoms with Gasteiger partial charge in [-0.1, -0.05) is 41.0 Å². The van der Waals surface area contributed by atoms with E-state index < -0.39 is 0 Å². The molecule has 2 aromatic heterocycles. The van der Waals surface area contributed by atoms with E-state index in [0.29, 0.717) is 22.7 Å². The van der Waals surface area contributed by atoms with Crippen molar-refractivity contribution >= 4 is 50.3 Å². The highest BCUT2D eigenvalue weighted by molar-refractivity contribution is 9.10. The second kappa shape index (κ2) is 8.96. The predicted molar refractivity (Wildman–Crippen MR) is 118 cm³/mol. The molecule has 0 unspecified atom stereocenters. The Kier molecular flexibility index (Phi) is 6.61. The van der Waals surface area contributed by atoms with E-state index in [2.05, 4.69) is 38.1 Å². The van der Waals surface area contributed by atoms with Crippen LogP contribution < -0.4 is 10.9 Å². The van der Waals surface area contributed by atoms with Gasteiger partial charge in [-0.3, -0.25) is 14.2 Å². The number of hydrogen-bond donors (Lipinski definition) is 2. The molecule has 0 atom stereocenters. The number of aromatic nitrogens is 3. The van der Waals surface area contributed by atoms with Gasteiger partial charge in [-0.05, 0) is 50.1 Å². The zero-order valence-corrected chi connectivity index (χ0v) is 18.5. The molecule has 0 aliphatic rings. The Morgan fingerprint density at radius 3 is 2.82 bits per heavy atom. The molecule has 0 fully saturated rings. The Morgan fingerprint density at radius 1 is 1.32 bits per heavy atom. The molecule has 0 aliphatic carbocycles. The number of nitrogens with zero attached hydrogens (tertiary/aromatic N) is 2. The maximum atomic E-state index is 12.8. The summed E-state index contributed by atoms with van der Waals surface area (Å²) in [5, 5.41) is 3.47. The van der Waals surface area contributed by atoms with Gasteiger partial charge in [0.25, 0.3) is 5.56 Å². The van der Waals surface area contributed by atoms with Crippen molar-refractivity contribution in [1.29, 1.82) is 0 Å². The minimum Gasteiger partial charge on any atom is -0.353 e. The molecule has 8 heteroatoms. The molecule has 3 aromatic rings. The van der Waals surface area contributed by atoms with E-state index in [4.69, 9.17) is 0 Å². The molecule has 1 amide bonds. The first-order valence-electron chi connectivity index (χ1n) is 9.18. The quantitative estimate of drug-likeness (QED) is 0.396. The highest BCUT2D eigenvalue weighted by atomic mass is 79.9. The summed E-state index contributed by atoms with van der Waals surface area (Å²) in [5.74, 6) is 0.0520. The molecular formula is C20H23BrN4O2S. The van der Waals surface area contributed by atoms with Crippen LogP contribution in [0.2, 0.25) is 0 Å². The Bertz CT molecular complexity index is 1070. The number of rotatable bonds is 7. The summed E-state index contributed by atoms with van der Waals surface area (Å²) in [6.07, 6.45) is 1.85. The van der Waals surface area contributed by atoms with Crippen LogP contribution in [0.5, 0.6) is 0 Å². The number of nitrogens with one attached hydrogen (secondary N) is 2. The molecule has 2 N–H and O–H groups in total. The molecule has 0 radical (unpaired) electrons. The van der Waals surface area contributed by atoms with Crippen LogP contribution in [-0.2, 0) is 11.3 Å². The highest BCUT2D eigenvalue weighted by Gasteiger charge is 2.15. The normalized spacial score (nSPS) is 11.1. The SMILES string of the molecule is CCCCn1c(SCC(=O)Nc2ccc(Br)c(C)c2)nc2cc(C)[nH]c2c1=O. The number of thioether (sulfide) groups is 1. The van der Waals surface area contributed by atoms with E-state index in [1.54, 1.807) is 4.57 Å².